The molecule has 198 valence electrons. The third kappa shape index (κ3) is 7.06. The van der Waals surface area contributed by atoms with Gasteiger partial charge in [0.25, 0.3) is 5.91 Å². The molecule has 3 aromatic rings. The maximum Gasteiger partial charge on any atom is 0.255 e. The summed E-state index contributed by atoms with van der Waals surface area (Å²) >= 11 is 0. The van der Waals surface area contributed by atoms with Crippen LogP contribution in [0.25, 0.3) is 0 Å². The average molecular weight is 550 g/mol. The first-order valence-corrected chi connectivity index (χ1v) is 14.5. The Bertz CT molecular complexity index is 1490. The zero-order valence-electron chi connectivity index (χ0n) is 20.7. The summed E-state index contributed by atoms with van der Waals surface area (Å²) in [4.78, 5) is 12.9. The topological polar surface area (TPSA) is 122 Å². The van der Waals surface area contributed by atoms with Crippen LogP contribution >= 0.6 is 0 Å². The van der Waals surface area contributed by atoms with Gasteiger partial charge in [-0.05, 0) is 62.4 Å². The SMILES string of the molecule is COc1ccc(S(=O)(=O)NC(C)C)cc1NC(=O)c1ccc(N(Cc2ccccc2F)S(C)(=O)=O)cc1. The molecule has 0 saturated heterocycles. The Hall–Kier alpha value is -3.48. The second-order valence-electron chi connectivity index (χ2n) is 8.50. The molecular weight excluding hydrogens is 521 g/mol. The monoisotopic (exact) mass is 549 g/mol. The van der Waals surface area contributed by atoms with Gasteiger partial charge in [0.05, 0.1) is 36.2 Å². The van der Waals surface area contributed by atoms with Gasteiger partial charge in [-0.3, -0.25) is 9.10 Å². The van der Waals surface area contributed by atoms with Crippen LogP contribution in [0.2, 0.25) is 0 Å². The minimum Gasteiger partial charge on any atom is -0.495 e. The second-order valence-corrected chi connectivity index (χ2v) is 12.1. The van der Waals surface area contributed by atoms with Crippen molar-refractivity contribution in [2.24, 2.45) is 0 Å². The van der Waals surface area contributed by atoms with Crippen LogP contribution < -0.4 is 19.1 Å². The van der Waals surface area contributed by atoms with Gasteiger partial charge in [-0.2, -0.15) is 0 Å². The average Bonchev–Trinajstić information content (AvgIpc) is 2.82. The number of benzene rings is 3. The molecule has 0 bridgehead atoms. The molecule has 2 N–H and O–H groups in total. The lowest BCUT2D eigenvalue weighted by Crippen LogP contribution is -2.30. The fraction of sp³-hybridized carbons (Fsp3) is 0.240. The molecule has 1 amide bonds. The quantitative estimate of drug-likeness (QED) is 0.397. The van der Waals surface area contributed by atoms with Gasteiger partial charge in [0, 0.05) is 17.2 Å². The van der Waals surface area contributed by atoms with E-state index in [-0.39, 0.29) is 45.7 Å². The first kappa shape index (κ1) is 28.1. The van der Waals surface area contributed by atoms with Crippen LogP contribution in [-0.4, -0.2) is 42.2 Å². The summed E-state index contributed by atoms with van der Waals surface area (Å²) in [7, 11) is -6.19. The molecule has 0 atom stereocenters. The lowest BCUT2D eigenvalue weighted by molar-refractivity contribution is 0.102. The first-order valence-electron chi connectivity index (χ1n) is 11.1. The molecule has 0 aliphatic carbocycles. The van der Waals surface area contributed by atoms with Crippen LogP contribution in [0.3, 0.4) is 0 Å². The summed E-state index contributed by atoms with van der Waals surface area (Å²) < 4.78 is 72.8. The number of halogens is 1. The largest absolute Gasteiger partial charge is 0.495 e. The Labute approximate surface area is 216 Å². The predicted molar refractivity (Wildman–Crippen MR) is 140 cm³/mol. The number of amides is 1. The van der Waals surface area contributed by atoms with Crippen molar-refractivity contribution < 1.29 is 30.8 Å². The normalized spacial score (nSPS) is 11.8. The van der Waals surface area contributed by atoms with E-state index in [9.17, 15) is 26.0 Å². The highest BCUT2D eigenvalue weighted by Gasteiger charge is 2.21. The molecule has 9 nitrogen and oxygen atoms in total. The third-order valence-electron chi connectivity index (χ3n) is 5.21. The molecule has 0 saturated carbocycles. The third-order valence-corrected chi connectivity index (χ3v) is 8.01. The zero-order chi connectivity index (χ0) is 27.4. The number of nitrogens with zero attached hydrogens (tertiary/aromatic N) is 1. The van der Waals surface area contributed by atoms with Crippen LogP contribution in [0, 0.1) is 5.82 Å². The lowest BCUT2D eigenvalue weighted by Gasteiger charge is -2.23. The van der Waals surface area contributed by atoms with Crippen molar-refractivity contribution in [3.8, 4) is 5.75 Å². The van der Waals surface area contributed by atoms with E-state index in [2.05, 4.69) is 10.0 Å². The number of hydrogen-bond acceptors (Lipinski definition) is 6. The van der Waals surface area contributed by atoms with Crippen molar-refractivity contribution in [3.63, 3.8) is 0 Å². The van der Waals surface area contributed by atoms with Gasteiger partial charge in [0.1, 0.15) is 11.6 Å². The molecule has 0 aliphatic rings. The summed E-state index contributed by atoms with van der Waals surface area (Å²) in [5, 5.41) is 2.63. The molecule has 0 unspecified atom stereocenters. The fourth-order valence-electron chi connectivity index (χ4n) is 3.49. The molecule has 0 aromatic heterocycles. The lowest BCUT2D eigenvalue weighted by atomic mass is 10.1. The minimum atomic E-state index is -3.81. The summed E-state index contributed by atoms with van der Waals surface area (Å²) in [6.45, 7) is 3.16. The van der Waals surface area contributed by atoms with E-state index >= 15 is 0 Å². The molecule has 3 aromatic carbocycles. The highest BCUT2D eigenvalue weighted by Crippen LogP contribution is 2.29. The summed E-state index contributed by atoms with van der Waals surface area (Å²) in [5.74, 6) is -0.855. The molecular formula is C25H28FN3O6S2. The van der Waals surface area contributed by atoms with Gasteiger partial charge in [-0.25, -0.2) is 25.9 Å². The van der Waals surface area contributed by atoms with Crippen molar-refractivity contribution >= 4 is 37.3 Å². The van der Waals surface area contributed by atoms with Gasteiger partial charge in [0.15, 0.2) is 0 Å². The van der Waals surface area contributed by atoms with Gasteiger partial charge in [-0.15, -0.1) is 0 Å². The van der Waals surface area contributed by atoms with Crippen molar-refractivity contribution in [1.29, 1.82) is 0 Å². The smallest absolute Gasteiger partial charge is 0.255 e. The number of sulfonamides is 2. The molecule has 0 heterocycles. The standard InChI is InChI=1S/C25H28FN3O6S2/c1-17(2)28-37(33,34)21-13-14-24(35-3)23(15-21)27-25(30)18-9-11-20(12-10-18)29(36(4,31)32)16-19-7-5-6-8-22(19)26/h5-15,17,28H,16H2,1-4H3,(H,27,30). The Morgan fingerprint density at radius 2 is 1.65 bits per heavy atom. The van der Waals surface area contributed by atoms with Gasteiger partial charge in [0.2, 0.25) is 20.0 Å². The van der Waals surface area contributed by atoms with E-state index in [0.29, 0.717) is 0 Å². The number of carbonyl (C=O) groups excluding carboxylic acids is 1. The van der Waals surface area contributed by atoms with E-state index < -0.39 is 31.8 Å². The molecule has 12 heteroatoms. The number of nitrogens with one attached hydrogen (secondary N) is 2. The first-order chi connectivity index (χ1) is 17.3. The van der Waals surface area contributed by atoms with Gasteiger partial charge >= 0.3 is 0 Å². The van der Waals surface area contributed by atoms with Crippen LogP contribution in [0.4, 0.5) is 15.8 Å². The van der Waals surface area contributed by atoms with E-state index in [0.717, 1.165) is 10.6 Å². The number of methoxy groups -OCH3 is 1. The number of anilines is 2. The van der Waals surface area contributed by atoms with Crippen molar-refractivity contribution in [3.05, 3.63) is 83.7 Å². The molecule has 0 spiro atoms. The highest BCUT2D eigenvalue weighted by atomic mass is 32.2. The van der Waals surface area contributed by atoms with Crippen molar-refractivity contribution in [1.82, 2.24) is 4.72 Å². The molecule has 0 aliphatic heterocycles. The van der Waals surface area contributed by atoms with E-state index in [1.165, 1.54) is 67.8 Å². The Kier molecular flexibility index (Phi) is 8.57. The predicted octanol–water partition coefficient (Wildman–Crippen LogP) is 3.74. The van der Waals surface area contributed by atoms with Crippen LogP contribution in [0.5, 0.6) is 5.75 Å². The maximum atomic E-state index is 14.1. The fourth-order valence-corrected chi connectivity index (χ4v) is 5.64. The number of ether oxygens (including phenoxy) is 1. The molecule has 3 rings (SSSR count). The van der Waals surface area contributed by atoms with E-state index in [4.69, 9.17) is 4.74 Å². The summed E-state index contributed by atoms with van der Waals surface area (Å²) in [6.07, 6.45) is 1.01. The molecule has 37 heavy (non-hydrogen) atoms. The van der Waals surface area contributed by atoms with Crippen molar-refractivity contribution in [2.75, 3.05) is 23.0 Å². The van der Waals surface area contributed by atoms with Crippen LogP contribution in [-0.2, 0) is 26.6 Å². The van der Waals surface area contributed by atoms with Crippen LogP contribution in [0.1, 0.15) is 29.8 Å². The summed E-state index contributed by atoms with van der Waals surface area (Å²) in [6, 6.07) is 15.3. The Balaban J connectivity index is 1.86. The van der Waals surface area contributed by atoms with Crippen molar-refractivity contribution in [2.45, 2.75) is 31.3 Å². The number of rotatable bonds is 10. The van der Waals surface area contributed by atoms with E-state index in [1.807, 2.05) is 0 Å². The molecule has 0 fully saturated rings. The Morgan fingerprint density at radius 3 is 2.22 bits per heavy atom. The number of carbonyl (C=O) groups is 1. The second kappa shape index (κ2) is 11.3. The van der Waals surface area contributed by atoms with Crippen LogP contribution in [0.15, 0.2) is 71.6 Å². The van der Waals surface area contributed by atoms with Gasteiger partial charge in [-0.1, -0.05) is 18.2 Å². The summed E-state index contributed by atoms with van der Waals surface area (Å²) in [5.41, 5.74) is 0.760. The van der Waals surface area contributed by atoms with E-state index in [1.54, 1.807) is 19.9 Å². The minimum absolute atomic E-state index is 0.0513. The highest BCUT2D eigenvalue weighted by molar-refractivity contribution is 7.92. The molecule has 0 radical (unpaired) electrons. The number of hydrogen-bond donors (Lipinski definition) is 2. The maximum absolute atomic E-state index is 14.1. The van der Waals surface area contributed by atoms with Gasteiger partial charge < -0.3 is 10.1 Å². The zero-order valence-corrected chi connectivity index (χ0v) is 22.4. The Morgan fingerprint density at radius 1 is 1.00 bits per heavy atom.